The number of hydrogen-bond donors (Lipinski definition) is 0. The van der Waals surface area contributed by atoms with E-state index in [0.29, 0.717) is 16.1 Å². The van der Waals surface area contributed by atoms with Crippen LogP contribution in [0.25, 0.3) is 0 Å². The number of nitrogens with zero attached hydrogens (tertiary/aromatic N) is 2. The SMILES string of the molecule is O=C(c1ccccc1)N(N=S)C(=O)c1ccccc1. The third kappa shape index (κ3) is 2.89. The predicted octanol–water partition coefficient (Wildman–Crippen LogP) is 2.61. The summed E-state index contributed by atoms with van der Waals surface area (Å²) in [5.41, 5.74) is 0.723. The highest BCUT2D eigenvalue weighted by Gasteiger charge is 2.23. The second-order valence-electron chi connectivity index (χ2n) is 3.74. The van der Waals surface area contributed by atoms with Gasteiger partial charge in [0.15, 0.2) is 0 Å². The van der Waals surface area contributed by atoms with Crippen molar-refractivity contribution < 1.29 is 9.59 Å². The Morgan fingerprint density at radius 3 is 1.47 bits per heavy atom. The van der Waals surface area contributed by atoms with Crippen LogP contribution < -0.4 is 0 Å². The average Bonchev–Trinajstić information content (AvgIpc) is 2.49. The summed E-state index contributed by atoms with van der Waals surface area (Å²) in [6.45, 7) is 0. The Morgan fingerprint density at radius 2 is 1.16 bits per heavy atom. The molecule has 0 aliphatic carbocycles. The minimum absolute atomic E-state index is 0.361. The van der Waals surface area contributed by atoms with E-state index in [9.17, 15) is 9.59 Å². The molecule has 0 heterocycles. The Labute approximate surface area is 115 Å². The fraction of sp³-hybridized carbons (Fsp3) is 0. The maximum Gasteiger partial charge on any atom is 0.282 e. The summed E-state index contributed by atoms with van der Waals surface area (Å²) < 4.78 is 3.36. The lowest BCUT2D eigenvalue weighted by Crippen LogP contribution is -2.31. The monoisotopic (exact) mass is 270 g/mol. The molecule has 0 fully saturated rings. The molecule has 2 amide bonds. The van der Waals surface area contributed by atoms with Crippen LogP contribution in [0.1, 0.15) is 20.7 Å². The van der Waals surface area contributed by atoms with Crippen LogP contribution in [0.2, 0.25) is 0 Å². The second kappa shape index (κ2) is 5.97. The van der Waals surface area contributed by atoms with Gasteiger partial charge in [-0.15, -0.1) is 5.01 Å². The fourth-order valence-electron chi connectivity index (χ4n) is 1.57. The van der Waals surface area contributed by atoms with Crippen molar-refractivity contribution in [3.63, 3.8) is 0 Å². The molecule has 0 saturated carbocycles. The minimum atomic E-state index is -0.538. The molecule has 0 bridgehead atoms. The Kier molecular flexibility index (Phi) is 4.10. The zero-order valence-corrected chi connectivity index (χ0v) is 10.7. The molecule has 0 saturated heterocycles. The van der Waals surface area contributed by atoms with Crippen LogP contribution in [-0.2, 0) is 12.4 Å². The lowest BCUT2D eigenvalue weighted by atomic mass is 10.2. The van der Waals surface area contributed by atoms with Crippen LogP contribution in [0.3, 0.4) is 0 Å². The molecule has 2 rings (SSSR count). The number of rotatable bonds is 3. The quantitative estimate of drug-likeness (QED) is 0.636. The van der Waals surface area contributed by atoms with Crippen LogP contribution in [0, 0.1) is 0 Å². The van der Waals surface area contributed by atoms with Gasteiger partial charge in [-0.2, -0.15) is 0 Å². The lowest BCUT2D eigenvalue weighted by molar-refractivity contribution is 0.0625. The number of benzene rings is 2. The van der Waals surface area contributed by atoms with Crippen molar-refractivity contribution in [2.24, 2.45) is 4.47 Å². The number of imide groups is 1. The maximum absolute atomic E-state index is 12.1. The molecule has 19 heavy (non-hydrogen) atoms. The van der Waals surface area contributed by atoms with Crippen LogP contribution in [-0.4, -0.2) is 16.8 Å². The van der Waals surface area contributed by atoms with Gasteiger partial charge in [-0.25, -0.2) is 0 Å². The number of carbonyl (C=O) groups excluding carboxylic acids is 2. The summed E-state index contributed by atoms with van der Waals surface area (Å²) in [7, 11) is 0. The zero-order chi connectivity index (χ0) is 13.7. The molecule has 2 aromatic carbocycles. The molecule has 4 nitrogen and oxygen atoms in total. The smallest absolute Gasteiger partial charge is 0.267 e. The first-order valence-electron chi connectivity index (χ1n) is 5.56. The normalized spacial score (nSPS) is 9.68. The summed E-state index contributed by atoms with van der Waals surface area (Å²) in [6, 6.07) is 16.8. The van der Waals surface area contributed by atoms with Crippen LogP contribution in [0.5, 0.6) is 0 Å². The standard InChI is InChI=1S/C14H10N2O2S/c17-13(11-7-3-1-4-8-11)16(15-19)14(18)12-9-5-2-6-10-12/h1-10H. The Balaban J connectivity index is 2.29. The molecular formula is C14H10N2O2S. The maximum atomic E-state index is 12.1. The highest BCUT2D eigenvalue weighted by atomic mass is 32.1. The molecule has 0 aliphatic rings. The largest absolute Gasteiger partial charge is 0.282 e. The second-order valence-corrected chi connectivity index (χ2v) is 3.90. The third-order valence-electron chi connectivity index (χ3n) is 2.51. The van der Waals surface area contributed by atoms with E-state index in [-0.39, 0.29) is 0 Å². The van der Waals surface area contributed by atoms with Crippen molar-refractivity contribution in [3.8, 4) is 0 Å². The first kappa shape index (κ1) is 13.0. The fourth-order valence-corrected chi connectivity index (χ4v) is 1.72. The first-order chi connectivity index (χ1) is 9.24. The van der Waals surface area contributed by atoms with Gasteiger partial charge in [0, 0.05) is 11.1 Å². The Hall–Kier alpha value is -2.40. The van der Waals surface area contributed by atoms with Crippen molar-refractivity contribution in [2.75, 3.05) is 0 Å². The van der Waals surface area contributed by atoms with E-state index in [1.54, 1.807) is 60.7 Å². The molecule has 0 aromatic heterocycles. The molecule has 0 atom stereocenters. The van der Waals surface area contributed by atoms with Crippen molar-refractivity contribution in [2.45, 2.75) is 0 Å². The van der Waals surface area contributed by atoms with Gasteiger partial charge in [-0.3, -0.25) is 9.59 Å². The molecule has 0 radical (unpaired) electrons. The molecule has 0 spiro atoms. The minimum Gasteiger partial charge on any atom is -0.267 e. The Bertz CT molecular complexity index is 548. The van der Waals surface area contributed by atoms with Gasteiger partial charge in [-0.05, 0) is 24.3 Å². The summed E-state index contributed by atoms with van der Waals surface area (Å²) in [5, 5.41) is 0.694. The van der Waals surface area contributed by atoms with Crippen LogP contribution in [0.4, 0.5) is 0 Å². The van der Waals surface area contributed by atoms with Gasteiger partial charge in [0.2, 0.25) is 0 Å². The van der Waals surface area contributed by atoms with Crippen LogP contribution >= 0.6 is 0 Å². The number of amides is 2. The van der Waals surface area contributed by atoms with Gasteiger partial charge in [-0.1, -0.05) is 40.9 Å². The predicted molar refractivity (Wildman–Crippen MR) is 73.2 cm³/mol. The zero-order valence-electron chi connectivity index (χ0n) is 9.89. The topological polar surface area (TPSA) is 49.7 Å². The van der Waals surface area contributed by atoms with Crippen molar-refractivity contribution >= 4 is 24.2 Å². The van der Waals surface area contributed by atoms with Crippen molar-refractivity contribution in [1.82, 2.24) is 5.01 Å². The van der Waals surface area contributed by atoms with Crippen molar-refractivity contribution in [1.29, 1.82) is 0 Å². The van der Waals surface area contributed by atoms with Crippen LogP contribution in [0.15, 0.2) is 65.1 Å². The Morgan fingerprint density at radius 1 is 0.789 bits per heavy atom. The van der Waals surface area contributed by atoms with Crippen molar-refractivity contribution in [3.05, 3.63) is 71.8 Å². The van der Waals surface area contributed by atoms with E-state index in [2.05, 4.69) is 16.9 Å². The molecule has 5 heteroatoms. The van der Waals surface area contributed by atoms with Gasteiger partial charge in [0.1, 0.15) is 0 Å². The highest BCUT2D eigenvalue weighted by molar-refractivity contribution is 7.47. The molecule has 0 unspecified atom stereocenters. The lowest BCUT2D eigenvalue weighted by Gasteiger charge is -2.13. The summed E-state index contributed by atoms with van der Waals surface area (Å²) in [4.78, 5) is 24.3. The molecule has 0 N–H and O–H groups in total. The summed E-state index contributed by atoms with van der Waals surface area (Å²) in [6.07, 6.45) is 0. The van der Waals surface area contributed by atoms with Gasteiger partial charge in [0.05, 0.1) is 12.4 Å². The molecular weight excluding hydrogens is 260 g/mol. The highest BCUT2D eigenvalue weighted by Crippen LogP contribution is 2.10. The van der Waals surface area contributed by atoms with E-state index in [1.807, 2.05) is 0 Å². The number of hydrogen-bond acceptors (Lipinski definition) is 4. The molecule has 94 valence electrons. The summed E-state index contributed by atoms with van der Waals surface area (Å²) >= 11 is 4.54. The van der Waals surface area contributed by atoms with Gasteiger partial charge < -0.3 is 0 Å². The molecule has 2 aromatic rings. The first-order valence-corrected chi connectivity index (χ1v) is 5.92. The van der Waals surface area contributed by atoms with E-state index in [0.717, 1.165) is 0 Å². The van der Waals surface area contributed by atoms with E-state index in [4.69, 9.17) is 0 Å². The van der Waals surface area contributed by atoms with E-state index in [1.165, 1.54) is 0 Å². The third-order valence-corrected chi connectivity index (χ3v) is 2.67. The number of carbonyl (C=O) groups is 2. The summed E-state index contributed by atoms with van der Waals surface area (Å²) in [5.74, 6) is -1.08. The molecule has 0 aliphatic heterocycles. The van der Waals surface area contributed by atoms with Gasteiger partial charge in [0.25, 0.3) is 11.8 Å². The average molecular weight is 270 g/mol. The van der Waals surface area contributed by atoms with E-state index >= 15 is 0 Å². The van der Waals surface area contributed by atoms with E-state index < -0.39 is 11.8 Å². The van der Waals surface area contributed by atoms with Gasteiger partial charge >= 0.3 is 0 Å².